The molecule has 0 heterocycles. The van der Waals surface area contributed by atoms with E-state index < -0.39 is 11.0 Å². The molecule has 0 aliphatic carbocycles. The van der Waals surface area contributed by atoms with Gasteiger partial charge in [-0.05, 0) is 19.4 Å². The van der Waals surface area contributed by atoms with E-state index in [-0.39, 0.29) is 17.3 Å². The van der Waals surface area contributed by atoms with Gasteiger partial charge in [-0.1, -0.05) is 31.4 Å². The molecule has 21 heavy (non-hydrogen) atoms. The number of amides is 1. The van der Waals surface area contributed by atoms with Crippen LogP contribution in [0.1, 0.15) is 33.1 Å². The van der Waals surface area contributed by atoms with Crippen LogP contribution in [0.15, 0.2) is 18.2 Å². The number of nitrogens with one attached hydrogen (secondary N) is 1. The van der Waals surface area contributed by atoms with E-state index in [1.54, 1.807) is 6.92 Å². The first-order valence-corrected chi connectivity index (χ1v) is 7.21. The predicted molar refractivity (Wildman–Crippen MR) is 80.7 cm³/mol. The van der Waals surface area contributed by atoms with E-state index in [0.717, 1.165) is 19.3 Å². The second kappa shape index (κ2) is 8.46. The number of hydrogen-bond donors (Lipinski definition) is 1. The summed E-state index contributed by atoms with van der Waals surface area (Å²) in [5.74, 6) is -0.316. The molecular formula is C14H19ClN2O4. The molecule has 1 atom stereocenters. The van der Waals surface area contributed by atoms with Crippen LogP contribution >= 0.6 is 11.6 Å². The summed E-state index contributed by atoms with van der Waals surface area (Å²) >= 11 is 5.80. The van der Waals surface area contributed by atoms with Crippen LogP contribution in [0.4, 0.5) is 5.69 Å². The molecule has 1 rings (SSSR count). The van der Waals surface area contributed by atoms with Gasteiger partial charge in [-0.3, -0.25) is 14.9 Å². The van der Waals surface area contributed by atoms with Gasteiger partial charge in [0.15, 0.2) is 11.9 Å². The van der Waals surface area contributed by atoms with Crippen molar-refractivity contribution in [1.29, 1.82) is 0 Å². The minimum Gasteiger partial charge on any atom is -0.474 e. The number of nitro groups is 1. The SMILES string of the molecule is CCCCCNC(=O)C(C)Oc1cc(Cl)ccc1[N+](=O)[O-]. The fourth-order valence-electron chi connectivity index (χ4n) is 1.71. The maximum Gasteiger partial charge on any atom is 0.311 e. The quantitative estimate of drug-likeness (QED) is 0.453. The molecule has 1 amide bonds. The highest BCUT2D eigenvalue weighted by atomic mass is 35.5. The highest BCUT2D eigenvalue weighted by Gasteiger charge is 2.21. The summed E-state index contributed by atoms with van der Waals surface area (Å²) in [6.07, 6.45) is 2.17. The lowest BCUT2D eigenvalue weighted by molar-refractivity contribution is -0.386. The molecule has 0 saturated heterocycles. The number of hydrogen-bond acceptors (Lipinski definition) is 4. The Labute approximate surface area is 128 Å². The Morgan fingerprint density at radius 3 is 2.81 bits per heavy atom. The monoisotopic (exact) mass is 314 g/mol. The zero-order valence-corrected chi connectivity index (χ0v) is 12.9. The molecule has 1 N–H and O–H groups in total. The highest BCUT2D eigenvalue weighted by molar-refractivity contribution is 6.30. The highest BCUT2D eigenvalue weighted by Crippen LogP contribution is 2.30. The molecule has 0 aromatic heterocycles. The summed E-state index contributed by atoms with van der Waals surface area (Å²) in [4.78, 5) is 22.2. The summed E-state index contributed by atoms with van der Waals surface area (Å²) < 4.78 is 5.37. The maximum atomic E-state index is 11.8. The van der Waals surface area contributed by atoms with Gasteiger partial charge in [0.2, 0.25) is 0 Å². The molecule has 1 aromatic rings. The third-order valence-electron chi connectivity index (χ3n) is 2.87. The topological polar surface area (TPSA) is 81.5 Å². The first kappa shape index (κ1) is 17.2. The van der Waals surface area contributed by atoms with E-state index in [9.17, 15) is 14.9 Å². The summed E-state index contributed by atoms with van der Waals surface area (Å²) in [6.45, 7) is 4.18. The zero-order chi connectivity index (χ0) is 15.8. The summed E-state index contributed by atoms with van der Waals surface area (Å²) in [7, 11) is 0. The van der Waals surface area contributed by atoms with Crippen LogP contribution in [0.25, 0.3) is 0 Å². The lowest BCUT2D eigenvalue weighted by Gasteiger charge is -2.14. The van der Waals surface area contributed by atoms with Crippen molar-refractivity contribution >= 4 is 23.2 Å². The van der Waals surface area contributed by atoms with Crippen LogP contribution in [0.5, 0.6) is 5.75 Å². The number of unbranched alkanes of at least 4 members (excludes halogenated alkanes) is 2. The summed E-state index contributed by atoms with van der Waals surface area (Å²) in [6, 6.07) is 3.99. The second-order valence-corrected chi connectivity index (χ2v) is 5.06. The van der Waals surface area contributed by atoms with E-state index in [1.807, 2.05) is 0 Å². The third-order valence-corrected chi connectivity index (χ3v) is 3.11. The van der Waals surface area contributed by atoms with Crippen molar-refractivity contribution in [3.8, 4) is 5.75 Å². The molecule has 0 aliphatic heterocycles. The van der Waals surface area contributed by atoms with Crippen molar-refractivity contribution in [3.05, 3.63) is 33.3 Å². The second-order valence-electron chi connectivity index (χ2n) is 4.63. The lowest BCUT2D eigenvalue weighted by atomic mass is 10.2. The van der Waals surface area contributed by atoms with Crippen molar-refractivity contribution in [2.24, 2.45) is 0 Å². The summed E-state index contributed by atoms with van der Waals surface area (Å²) in [5.41, 5.74) is -0.218. The van der Waals surface area contributed by atoms with Gasteiger partial charge in [0.25, 0.3) is 5.91 Å². The number of ether oxygens (including phenoxy) is 1. The molecule has 0 aliphatic rings. The fourth-order valence-corrected chi connectivity index (χ4v) is 1.87. The first-order valence-electron chi connectivity index (χ1n) is 6.84. The minimum atomic E-state index is -0.830. The third kappa shape index (κ3) is 5.59. The molecule has 0 fully saturated rings. The fraction of sp³-hybridized carbons (Fsp3) is 0.500. The molecule has 6 nitrogen and oxygen atoms in total. The van der Waals surface area contributed by atoms with Gasteiger partial charge in [0.05, 0.1) is 4.92 Å². The normalized spacial score (nSPS) is 11.8. The van der Waals surface area contributed by atoms with Gasteiger partial charge in [-0.15, -0.1) is 0 Å². The predicted octanol–water partition coefficient (Wildman–Crippen LogP) is 3.32. The van der Waals surface area contributed by atoms with Crippen LogP contribution in [0, 0.1) is 10.1 Å². The van der Waals surface area contributed by atoms with Gasteiger partial charge in [-0.25, -0.2) is 0 Å². The molecule has 0 radical (unpaired) electrons. The van der Waals surface area contributed by atoms with Crippen LogP contribution in [-0.4, -0.2) is 23.5 Å². The van der Waals surface area contributed by atoms with Crippen molar-refractivity contribution in [2.45, 2.75) is 39.2 Å². The molecule has 0 saturated carbocycles. The number of nitro benzene ring substituents is 1. The van der Waals surface area contributed by atoms with Crippen molar-refractivity contribution in [1.82, 2.24) is 5.32 Å². The molecule has 0 bridgehead atoms. The average Bonchev–Trinajstić information content (AvgIpc) is 2.43. The maximum absolute atomic E-state index is 11.8. The molecule has 116 valence electrons. The Morgan fingerprint density at radius 2 is 2.19 bits per heavy atom. The Morgan fingerprint density at radius 1 is 1.48 bits per heavy atom. The lowest BCUT2D eigenvalue weighted by Crippen LogP contribution is -2.36. The van der Waals surface area contributed by atoms with E-state index in [2.05, 4.69) is 12.2 Å². The van der Waals surface area contributed by atoms with Gasteiger partial charge in [0.1, 0.15) is 0 Å². The van der Waals surface area contributed by atoms with Crippen LogP contribution in [-0.2, 0) is 4.79 Å². The number of nitrogens with zero attached hydrogens (tertiary/aromatic N) is 1. The number of halogens is 1. The van der Waals surface area contributed by atoms with Gasteiger partial charge in [0, 0.05) is 23.7 Å². The van der Waals surface area contributed by atoms with Crippen molar-refractivity contribution < 1.29 is 14.5 Å². The Kier molecular flexibility index (Phi) is 6.94. The van der Waals surface area contributed by atoms with E-state index in [0.29, 0.717) is 11.6 Å². The Balaban J connectivity index is 2.65. The smallest absolute Gasteiger partial charge is 0.311 e. The molecule has 7 heteroatoms. The van der Waals surface area contributed by atoms with Crippen LogP contribution < -0.4 is 10.1 Å². The standard InChI is InChI=1S/C14H19ClN2O4/c1-3-4-5-8-16-14(18)10(2)21-13-9-11(15)6-7-12(13)17(19)20/h6-7,9-10H,3-5,8H2,1-2H3,(H,16,18). The van der Waals surface area contributed by atoms with Crippen molar-refractivity contribution in [2.75, 3.05) is 6.54 Å². The van der Waals surface area contributed by atoms with Crippen molar-refractivity contribution in [3.63, 3.8) is 0 Å². The van der Waals surface area contributed by atoms with E-state index in [4.69, 9.17) is 16.3 Å². The number of carbonyl (C=O) groups is 1. The number of carbonyl (C=O) groups excluding carboxylic acids is 1. The van der Waals surface area contributed by atoms with Crippen LogP contribution in [0.3, 0.4) is 0 Å². The molecule has 1 aromatic carbocycles. The first-order chi connectivity index (χ1) is 9.95. The summed E-state index contributed by atoms with van der Waals surface area (Å²) in [5, 5.41) is 14.0. The molecule has 0 spiro atoms. The van der Waals surface area contributed by atoms with Gasteiger partial charge < -0.3 is 10.1 Å². The number of benzene rings is 1. The van der Waals surface area contributed by atoms with E-state index >= 15 is 0 Å². The van der Waals surface area contributed by atoms with Gasteiger partial charge in [-0.2, -0.15) is 0 Å². The Hall–Kier alpha value is -1.82. The average molecular weight is 315 g/mol. The zero-order valence-electron chi connectivity index (χ0n) is 12.1. The number of rotatable bonds is 8. The van der Waals surface area contributed by atoms with Gasteiger partial charge >= 0.3 is 5.69 Å². The largest absolute Gasteiger partial charge is 0.474 e. The minimum absolute atomic E-state index is 0.0105. The molecule has 1 unspecified atom stereocenters. The van der Waals surface area contributed by atoms with Crippen LogP contribution in [0.2, 0.25) is 5.02 Å². The van der Waals surface area contributed by atoms with E-state index in [1.165, 1.54) is 18.2 Å². The molecular weight excluding hydrogens is 296 g/mol. The Bertz CT molecular complexity index is 508.